The topological polar surface area (TPSA) is 98.8 Å². The Morgan fingerprint density at radius 3 is 2.74 bits per heavy atom. The molecular formula is C19H23FN2O4S. The Bertz CT molecular complexity index is 933. The predicted molar refractivity (Wildman–Crippen MR) is 98.8 cm³/mol. The Hall–Kier alpha value is -1.80. The summed E-state index contributed by atoms with van der Waals surface area (Å²) in [5.74, 6) is -0.668. The van der Waals surface area contributed by atoms with Crippen molar-refractivity contribution in [2.75, 3.05) is 19.0 Å². The summed E-state index contributed by atoms with van der Waals surface area (Å²) in [6, 6.07) is 4.40. The van der Waals surface area contributed by atoms with Gasteiger partial charge in [-0.05, 0) is 43.9 Å². The molecule has 0 amide bonds. The zero-order chi connectivity index (χ0) is 19.4. The maximum Gasteiger partial charge on any atom is 0.168 e. The first-order valence-corrected chi connectivity index (χ1v) is 10.8. The molecule has 2 heterocycles. The molecule has 1 aromatic carbocycles. The van der Waals surface area contributed by atoms with E-state index in [2.05, 4.69) is 4.99 Å². The van der Waals surface area contributed by atoms with Gasteiger partial charge in [0.1, 0.15) is 23.0 Å². The first-order chi connectivity index (χ1) is 12.7. The van der Waals surface area contributed by atoms with Crippen molar-refractivity contribution < 1.29 is 22.3 Å². The second kappa shape index (κ2) is 6.10. The van der Waals surface area contributed by atoms with Crippen molar-refractivity contribution in [1.82, 2.24) is 0 Å². The molecule has 1 aromatic rings. The number of aliphatic imine (C=N–C) groups is 1. The van der Waals surface area contributed by atoms with Crippen LogP contribution in [-0.2, 0) is 31.3 Å². The number of carbonyl (C=O) groups is 1. The molecule has 4 rings (SSSR count). The molecule has 146 valence electrons. The normalized spacial score (nSPS) is 32.4. The third kappa shape index (κ3) is 2.99. The molecule has 0 radical (unpaired) electrons. The van der Waals surface area contributed by atoms with Gasteiger partial charge in [-0.1, -0.05) is 6.07 Å². The smallest absolute Gasteiger partial charge is 0.168 e. The van der Waals surface area contributed by atoms with E-state index < -0.39 is 25.9 Å². The molecule has 27 heavy (non-hydrogen) atoms. The second-order valence-corrected chi connectivity index (χ2v) is 10.4. The zero-order valence-corrected chi connectivity index (χ0v) is 16.0. The summed E-state index contributed by atoms with van der Waals surface area (Å²) in [7, 11) is -3.70. The van der Waals surface area contributed by atoms with Gasteiger partial charge in [-0.2, -0.15) is 0 Å². The number of amidine groups is 1. The van der Waals surface area contributed by atoms with Crippen molar-refractivity contribution in [2.24, 2.45) is 16.6 Å². The lowest BCUT2D eigenvalue weighted by Crippen LogP contribution is -2.58. The summed E-state index contributed by atoms with van der Waals surface area (Å²) >= 11 is 0. The molecule has 6 nitrogen and oxygen atoms in total. The summed E-state index contributed by atoms with van der Waals surface area (Å²) in [6.07, 6.45) is 2.30. The van der Waals surface area contributed by atoms with Crippen molar-refractivity contribution >= 4 is 21.5 Å². The average molecular weight is 394 g/mol. The highest BCUT2D eigenvalue weighted by atomic mass is 32.2. The molecule has 3 aliphatic rings. The summed E-state index contributed by atoms with van der Waals surface area (Å²) in [6.45, 7) is 1.86. The van der Waals surface area contributed by atoms with E-state index in [4.69, 9.17) is 10.5 Å². The van der Waals surface area contributed by atoms with E-state index in [9.17, 15) is 17.6 Å². The number of benzene rings is 1. The molecule has 1 aliphatic carbocycles. The highest BCUT2D eigenvalue weighted by Crippen LogP contribution is 2.41. The minimum atomic E-state index is -3.70. The quantitative estimate of drug-likeness (QED) is 0.835. The maximum atomic E-state index is 14.6. The molecular weight excluding hydrogens is 371 g/mol. The highest BCUT2D eigenvalue weighted by molar-refractivity contribution is 7.93. The average Bonchev–Trinajstić information content (AvgIpc) is 3.31. The number of sulfone groups is 1. The first-order valence-electron chi connectivity index (χ1n) is 9.14. The van der Waals surface area contributed by atoms with Crippen LogP contribution in [0.2, 0.25) is 0 Å². The van der Waals surface area contributed by atoms with Crippen LogP contribution in [0.1, 0.15) is 37.3 Å². The number of rotatable bonds is 4. The van der Waals surface area contributed by atoms with Gasteiger partial charge < -0.3 is 10.5 Å². The van der Waals surface area contributed by atoms with Crippen LogP contribution in [0, 0.1) is 11.7 Å². The van der Waals surface area contributed by atoms with Gasteiger partial charge in [-0.25, -0.2) is 12.8 Å². The van der Waals surface area contributed by atoms with Crippen LogP contribution in [0.25, 0.3) is 0 Å². The van der Waals surface area contributed by atoms with Crippen molar-refractivity contribution in [3.63, 3.8) is 0 Å². The van der Waals surface area contributed by atoms with Gasteiger partial charge in [0.25, 0.3) is 0 Å². The summed E-state index contributed by atoms with van der Waals surface area (Å²) in [5, 5.41) is 0. The number of halogens is 1. The van der Waals surface area contributed by atoms with Crippen molar-refractivity contribution in [3.8, 4) is 0 Å². The van der Waals surface area contributed by atoms with Gasteiger partial charge in [0.15, 0.2) is 14.6 Å². The molecule has 1 saturated carbocycles. The van der Waals surface area contributed by atoms with Gasteiger partial charge in [0, 0.05) is 24.5 Å². The molecule has 1 saturated heterocycles. The zero-order valence-electron chi connectivity index (χ0n) is 15.2. The molecule has 1 spiro atoms. The third-order valence-electron chi connectivity index (χ3n) is 5.91. The maximum absolute atomic E-state index is 14.6. The van der Waals surface area contributed by atoms with Crippen LogP contribution in [-0.4, -0.2) is 43.8 Å². The summed E-state index contributed by atoms with van der Waals surface area (Å²) in [4.78, 5) is 16.6. The Balaban J connectivity index is 1.74. The van der Waals surface area contributed by atoms with Crippen LogP contribution in [0.5, 0.6) is 0 Å². The Kier molecular flexibility index (Phi) is 4.19. The number of nitrogens with two attached hydrogens (primary N) is 1. The molecule has 0 bridgehead atoms. The molecule has 2 fully saturated rings. The summed E-state index contributed by atoms with van der Waals surface area (Å²) < 4.78 is 44.7. The van der Waals surface area contributed by atoms with E-state index in [1.165, 1.54) is 6.07 Å². The lowest BCUT2D eigenvalue weighted by molar-refractivity contribution is -0.119. The Morgan fingerprint density at radius 2 is 2.15 bits per heavy atom. The minimum Gasteiger partial charge on any atom is -0.386 e. The lowest BCUT2D eigenvalue weighted by Gasteiger charge is -2.39. The molecule has 0 aromatic heterocycles. The molecule has 2 atom stereocenters. The first kappa shape index (κ1) is 18.6. The fourth-order valence-electron chi connectivity index (χ4n) is 4.04. The monoisotopic (exact) mass is 394 g/mol. The lowest BCUT2D eigenvalue weighted by atomic mass is 9.90. The van der Waals surface area contributed by atoms with Crippen LogP contribution in [0.4, 0.5) is 4.39 Å². The Labute approximate surface area is 157 Å². The van der Waals surface area contributed by atoms with Gasteiger partial charge in [-0.3, -0.25) is 9.79 Å². The van der Waals surface area contributed by atoms with Crippen LogP contribution < -0.4 is 5.73 Å². The second-order valence-electron chi connectivity index (χ2n) is 8.06. The van der Waals surface area contributed by atoms with Gasteiger partial charge in [0.05, 0.1) is 12.4 Å². The largest absolute Gasteiger partial charge is 0.386 e. The molecule has 8 heteroatoms. The number of ketones is 1. The SMILES string of the molecule is C[C@@]1(c2cc(CC(=O)C3CC3)ccc2F)CS(=O)(=O)[C@]2(CCOC2)C(N)=N1. The number of hydrogen-bond acceptors (Lipinski definition) is 6. The number of hydrogen-bond donors (Lipinski definition) is 1. The highest BCUT2D eigenvalue weighted by Gasteiger charge is 2.57. The van der Waals surface area contributed by atoms with E-state index in [0.29, 0.717) is 12.2 Å². The van der Waals surface area contributed by atoms with Crippen molar-refractivity contribution in [2.45, 2.75) is 42.9 Å². The van der Waals surface area contributed by atoms with E-state index in [1.807, 2.05) is 0 Å². The van der Waals surface area contributed by atoms with E-state index >= 15 is 0 Å². The Morgan fingerprint density at radius 1 is 1.41 bits per heavy atom. The van der Waals surface area contributed by atoms with Crippen molar-refractivity contribution in [3.05, 3.63) is 35.1 Å². The summed E-state index contributed by atoms with van der Waals surface area (Å²) in [5.41, 5.74) is 5.58. The number of ether oxygens (including phenoxy) is 1. The standard InChI is InChI=1S/C19H23FN2O4S/c1-18(11-27(24,25)19(17(21)22-18)6-7-26-10-19)14-8-12(2-5-15(14)20)9-16(23)13-3-4-13/h2,5,8,13H,3-4,6-7,9-11H2,1H3,(H2,21,22)/t18-,19-/m0/s1. The van der Waals surface area contributed by atoms with Crippen LogP contribution in [0.15, 0.2) is 23.2 Å². The van der Waals surface area contributed by atoms with Gasteiger partial charge in [0.2, 0.25) is 0 Å². The molecule has 2 N–H and O–H groups in total. The predicted octanol–water partition coefficient (Wildman–Crippen LogP) is 1.51. The van der Waals surface area contributed by atoms with Gasteiger partial charge >= 0.3 is 0 Å². The molecule has 0 unspecified atom stereocenters. The minimum absolute atomic E-state index is 0.0147. The molecule has 2 aliphatic heterocycles. The number of nitrogens with zero attached hydrogens (tertiary/aromatic N) is 1. The fourth-order valence-corrected chi connectivity index (χ4v) is 6.30. The fraction of sp³-hybridized carbons (Fsp3) is 0.579. The van der Waals surface area contributed by atoms with E-state index in [-0.39, 0.29) is 48.3 Å². The van der Waals surface area contributed by atoms with E-state index in [0.717, 1.165) is 12.8 Å². The van der Waals surface area contributed by atoms with Crippen LogP contribution >= 0.6 is 0 Å². The number of carbonyl (C=O) groups excluding carboxylic acids is 1. The van der Waals surface area contributed by atoms with Crippen molar-refractivity contribution in [1.29, 1.82) is 0 Å². The van der Waals surface area contributed by atoms with Crippen LogP contribution in [0.3, 0.4) is 0 Å². The van der Waals surface area contributed by atoms with Gasteiger partial charge in [-0.15, -0.1) is 0 Å². The third-order valence-corrected chi connectivity index (χ3v) is 8.57. The number of Topliss-reactive ketones (excluding diaryl/α,β-unsaturated/α-hetero) is 1. The van der Waals surface area contributed by atoms with E-state index in [1.54, 1.807) is 19.1 Å².